The van der Waals surface area contributed by atoms with Crippen molar-refractivity contribution in [1.82, 2.24) is 10.2 Å². The van der Waals surface area contributed by atoms with Gasteiger partial charge in [0.05, 0.1) is 7.11 Å². The molecule has 0 bridgehead atoms. The van der Waals surface area contributed by atoms with Gasteiger partial charge in [-0.2, -0.15) is 0 Å². The molecule has 1 saturated carbocycles. The van der Waals surface area contributed by atoms with E-state index in [1.54, 1.807) is 31.4 Å². The zero-order chi connectivity index (χ0) is 24.8. The number of halogens is 3. The van der Waals surface area contributed by atoms with Gasteiger partial charge in [0.1, 0.15) is 11.9 Å². The van der Waals surface area contributed by atoms with Crippen molar-refractivity contribution in [3.8, 4) is 11.5 Å². The van der Waals surface area contributed by atoms with Crippen LogP contribution in [0.25, 0.3) is 0 Å². The van der Waals surface area contributed by atoms with Crippen molar-refractivity contribution in [2.75, 3.05) is 26.7 Å². The monoisotopic (exact) mass is 490 g/mol. The Morgan fingerprint density at radius 3 is 2.26 bits per heavy atom. The molecular weight excluding hydrogens is 457 g/mol. The van der Waals surface area contributed by atoms with Crippen LogP contribution in [0.15, 0.2) is 36.4 Å². The highest BCUT2D eigenvalue weighted by molar-refractivity contribution is 5.94. The lowest BCUT2D eigenvalue weighted by Gasteiger charge is -2.34. The van der Waals surface area contributed by atoms with E-state index in [0.717, 1.165) is 76.4 Å². The topological polar surface area (TPSA) is 50.8 Å². The lowest BCUT2D eigenvalue weighted by molar-refractivity contribution is 0.0884. The number of rotatable bonds is 8. The van der Waals surface area contributed by atoms with Crippen molar-refractivity contribution in [3.63, 3.8) is 0 Å². The van der Waals surface area contributed by atoms with Crippen LogP contribution in [0.3, 0.4) is 0 Å². The highest BCUT2D eigenvalue weighted by Crippen LogP contribution is 2.29. The van der Waals surface area contributed by atoms with Gasteiger partial charge in [-0.05, 0) is 81.7 Å². The first kappa shape index (κ1) is 25.4. The number of ether oxygens (including phenoxy) is 2. The first-order chi connectivity index (χ1) is 16.9. The van der Waals surface area contributed by atoms with Crippen molar-refractivity contribution in [1.29, 1.82) is 0 Å². The second-order valence-electron chi connectivity index (χ2n) is 9.56. The van der Waals surface area contributed by atoms with E-state index in [1.807, 2.05) is 0 Å². The molecule has 2 fully saturated rings. The smallest absolute Gasteiger partial charge is 0.251 e. The summed E-state index contributed by atoms with van der Waals surface area (Å²) in [7, 11) is 1.60. The minimum absolute atomic E-state index is 0.0375. The molecule has 1 aliphatic carbocycles. The van der Waals surface area contributed by atoms with Crippen LogP contribution in [-0.4, -0.2) is 49.7 Å². The summed E-state index contributed by atoms with van der Waals surface area (Å²) in [6, 6.07) is 8.67. The molecule has 0 radical (unpaired) electrons. The molecule has 1 saturated heterocycles. The van der Waals surface area contributed by atoms with Gasteiger partial charge < -0.3 is 19.7 Å². The molecule has 0 spiro atoms. The molecule has 8 heteroatoms. The molecule has 2 aromatic carbocycles. The fraction of sp³-hybridized carbons (Fsp3) is 0.519. The minimum Gasteiger partial charge on any atom is -0.497 e. The average Bonchev–Trinajstić information content (AvgIpc) is 2.87. The number of benzene rings is 2. The van der Waals surface area contributed by atoms with Crippen molar-refractivity contribution < 1.29 is 27.4 Å². The zero-order valence-electron chi connectivity index (χ0n) is 20.1. The normalized spacial score (nSPS) is 21.5. The summed E-state index contributed by atoms with van der Waals surface area (Å²) in [5, 5.41) is 3.16. The molecule has 2 aromatic rings. The van der Waals surface area contributed by atoms with E-state index in [0.29, 0.717) is 17.5 Å². The van der Waals surface area contributed by atoms with Crippen LogP contribution in [0.4, 0.5) is 13.2 Å². The van der Waals surface area contributed by atoms with Gasteiger partial charge in [-0.3, -0.25) is 4.79 Å². The second-order valence-corrected chi connectivity index (χ2v) is 9.56. The third-order valence-electron chi connectivity index (χ3n) is 7.19. The molecule has 35 heavy (non-hydrogen) atoms. The van der Waals surface area contributed by atoms with Crippen LogP contribution >= 0.6 is 0 Å². The molecule has 1 N–H and O–H groups in total. The van der Waals surface area contributed by atoms with Crippen LogP contribution in [0.5, 0.6) is 11.5 Å². The van der Waals surface area contributed by atoms with Crippen LogP contribution in [-0.2, 0) is 0 Å². The van der Waals surface area contributed by atoms with Gasteiger partial charge in [0.25, 0.3) is 5.91 Å². The van der Waals surface area contributed by atoms with E-state index in [-0.39, 0.29) is 23.8 Å². The summed E-state index contributed by atoms with van der Waals surface area (Å²) in [5.74, 6) is -2.07. The molecule has 5 nitrogen and oxygen atoms in total. The van der Waals surface area contributed by atoms with Crippen molar-refractivity contribution in [2.24, 2.45) is 5.92 Å². The lowest BCUT2D eigenvalue weighted by Crippen LogP contribution is -2.40. The van der Waals surface area contributed by atoms with E-state index in [2.05, 4.69) is 10.2 Å². The van der Waals surface area contributed by atoms with E-state index in [4.69, 9.17) is 9.47 Å². The quantitative estimate of drug-likeness (QED) is 0.508. The first-order valence-corrected chi connectivity index (χ1v) is 12.4. The molecule has 0 unspecified atom stereocenters. The van der Waals surface area contributed by atoms with Gasteiger partial charge in [-0.25, -0.2) is 13.2 Å². The maximum absolute atomic E-state index is 13.8. The zero-order valence-corrected chi connectivity index (χ0v) is 20.1. The van der Waals surface area contributed by atoms with E-state index in [1.165, 1.54) is 0 Å². The average molecular weight is 491 g/mol. The van der Waals surface area contributed by atoms with E-state index >= 15 is 0 Å². The second kappa shape index (κ2) is 11.8. The molecule has 4 rings (SSSR count). The predicted octanol–water partition coefficient (Wildman–Crippen LogP) is 5.33. The standard InChI is InChI=1S/C27H33F3N2O3/c1-34-21-8-4-19(5-9-21)27(33)31-20-6-2-18(3-7-20)10-13-32-14-11-22(12-15-32)35-26-17-24(29)23(28)16-25(26)30/h4-5,8-9,16-18,20,22H,2-3,6-7,10-15H2,1H3,(H,31,33)/t18-,20-. The number of piperidine rings is 1. The molecule has 1 amide bonds. The Labute approximate surface area is 204 Å². The Morgan fingerprint density at radius 2 is 1.60 bits per heavy atom. The highest BCUT2D eigenvalue weighted by Gasteiger charge is 2.26. The molecule has 0 atom stereocenters. The van der Waals surface area contributed by atoms with Crippen LogP contribution < -0.4 is 14.8 Å². The third-order valence-corrected chi connectivity index (χ3v) is 7.19. The first-order valence-electron chi connectivity index (χ1n) is 12.4. The molecule has 1 aliphatic heterocycles. The Morgan fingerprint density at radius 1 is 0.943 bits per heavy atom. The van der Waals surface area contributed by atoms with Crippen molar-refractivity contribution in [2.45, 2.75) is 57.1 Å². The van der Waals surface area contributed by atoms with Gasteiger partial charge in [-0.15, -0.1) is 0 Å². The van der Waals surface area contributed by atoms with Crippen LogP contribution in [0.1, 0.15) is 55.3 Å². The summed E-state index contributed by atoms with van der Waals surface area (Å²) in [6.45, 7) is 2.67. The molecular formula is C27H33F3N2O3. The summed E-state index contributed by atoms with van der Waals surface area (Å²) < 4.78 is 51.1. The Kier molecular flexibility index (Phi) is 8.55. The SMILES string of the molecule is COc1ccc(C(=O)N[C@H]2CC[C@H](CCN3CCC(Oc4cc(F)c(F)cc4F)CC3)CC2)cc1. The minimum atomic E-state index is -1.21. The van der Waals surface area contributed by atoms with Gasteiger partial charge in [0.15, 0.2) is 23.2 Å². The number of carbonyl (C=O) groups excluding carboxylic acids is 1. The Balaban J connectivity index is 1.13. The highest BCUT2D eigenvalue weighted by atomic mass is 19.2. The third kappa shape index (κ3) is 6.90. The maximum Gasteiger partial charge on any atom is 0.251 e. The molecule has 2 aliphatic rings. The van der Waals surface area contributed by atoms with Crippen LogP contribution in [0.2, 0.25) is 0 Å². The predicted molar refractivity (Wildman–Crippen MR) is 127 cm³/mol. The summed E-state index contributed by atoms with van der Waals surface area (Å²) in [4.78, 5) is 14.9. The van der Waals surface area contributed by atoms with Crippen LogP contribution in [0, 0.1) is 23.4 Å². The summed E-state index contributed by atoms with van der Waals surface area (Å²) in [5.41, 5.74) is 0.646. The number of likely N-dealkylation sites (tertiary alicyclic amines) is 1. The van der Waals surface area contributed by atoms with Crippen molar-refractivity contribution >= 4 is 5.91 Å². The number of nitrogens with one attached hydrogen (secondary N) is 1. The summed E-state index contributed by atoms with van der Waals surface area (Å²) in [6.07, 6.45) is 6.54. The fourth-order valence-corrected chi connectivity index (χ4v) is 5.00. The molecule has 1 heterocycles. The maximum atomic E-state index is 13.8. The Hall–Kier alpha value is -2.74. The van der Waals surface area contributed by atoms with E-state index < -0.39 is 17.5 Å². The number of hydrogen-bond acceptors (Lipinski definition) is 4. The van der Waals surface area contributed by atoms with Crippen molar-refractivity contribution in [3.05, 3.63) is 59.4 Å². The number of amides is 1. The Bertz CT molecular complexity index is 986. The molecule has 0 aromatic heterocycles. The van der Waals surface area contributed by atoms with Gasteiger partial charge in [0, 0.05) is 36.8 Å². The fourth-order valence-electron chi connectivity index (χ4n) is 5.00. The lowest BCUT2D eigenvalue weighted by atomic mass is 9.84. The number of methoxy groups -OCH3 is 1. The van der Waals surface area contributed by atoms with Gasteiger partial charge >= 0.3 is 0 Å². The van der Waals surface area contributed by atoms with Gasteiger partial charge in [-0.1, -0.05) is 0 Å². The van der Waals surface area contributed by atoms with Gasteiger partial charge in [0.2, 0.25) is 0 Å². The molecule has 190 valence electrons. The van der Waals surface area contributed by atoms with E-state index in [9.17, 15) is 18.0 Å². The largest absolute Gasteiger partial charge is 0.497 e. The number of nitrogens with zero attached hydrogens (tertiary/aromatic N) is 1. The number of hydrogen-bond donors (Lipinski definition) is 1. The number of carbonyl (C=O) groups is 1. The summed E-state index contributed by atoms with van der Waals surface area (Å²) >= 11 is 0.